The summed E-state index contributed by atoms with van der Waals surface area (Å²) in [6, 6.07) is 3.52. The molecule has 1 nitrogen and oxygen atoms in total. The zero-order chi connectivity index (χ0) is 10.1. The molecular formula is C8H7F3IN. The minimum Gasteiger partial charge on any atom is -0.388 e. The Hall–Kier alpha value is -0.460. The molecule has 0 amide bonds. The lowest BCUT2D eigenvalue weighted by Crippen LogP contribution is -2.06. The summed E-state index contributed by atoms with van der Waals surface area (Å²) < 4.78 is 35.2. The standard InChI is InChI=1S/C8H7F3IN/c1-13-5-2-3-7(9)6(4-5)8(10,11)12/h2-4,13H,1H3. The molecule has 0 bridgehead atoms. The number of rotatable bonds is 2. The Kier molecular flexibility index (Phi) is 3.05. The summed E-state index contributed by atoms with van der Waals surface area (Å²) in [5, 5.41) is 2.66. The summed E-state index contributed by atoms with van der Waals surface area (Å²) in [6.07, 6.45) is 0. The second kappa shape index (κ2) is 3.73. The Balaban J connectivity index is 3.19. The van der Waals surface area contributed by atoms with Gasteiger partial charge >= 0.3 is 3.93 Å². The highest BCUT2D eigenvalue weighted by atomic mass is 127. The number of hydrogen-bond acceptors (Lipinski definition) is 1. The van der Waals surface area contributed by atoms with Gasteiger partial charge in [-0.15, -0.1) is 0 Å². The van der Waals surface area contributed by atoms with E-state index < -0.39 is 15.3 Å². The molecule has 1 N–H and O–H groups in total. The maximum absolute atomic E-state index is 12.9. The zero-order valence-electron chi connectivity index (χ0n) is 6.74. The summed E-state index contributed by atoms with van der Waals surface area (Å²) in [7, 11) is 1.59. The van der Waals surface area contributed by atoms with Crippen molar-refractivity contribution in [1.29, 1.82) is 0 Å². The molecule has 0 saturated carbocycles. The molecule has 1 rings (SSSR count). The molecule has 0 fully saturated rings. The summed E-state index contributed by atoms with van der Waals surface area (Å²) in [4.78, 5) is 0. The Bertz CT molecular complexity index is 309. The van der Waals surface area contributed by atoms with Gasteiger partial charge in [-0.1, -0.05) is 0 Å². The largest absolute Gasteiger partial charge is 0.388 e. The lowest BCUT2D eigenvalue weighted by atomic mass is 10.2. The van der Waals surface area contributed by atoms with Crippen molar-refractivity contribution in [2.45, 2.75) is 3.93 Å². The topological polar surface area (TPSA) is 12.0 Å². The number of hydrogen-bond donors (Lipinski definition) is 1. The Labute approximate surface area is 87.5 Å². The van der Waals surface area contributed by atoms with E-state index in [-0.39, 0.29) is 0 Å². The van der Waals surface area contributed by atoms with Crippen LogP contribution in [-0.2, 0) is 3.93 Å². The van der Waals surface area contributed by atoms with Gasteiger partial charge in [0.2, 0.25) is 0 Å². The SMILES string of the molecule is CNc1ccc(F)c(C(F)(F)I)c1. The van der Waals surface area contributed by atoms with Gasteiger partial charge in [0.05, 0.1) is 5.56 Å². The van der Waals surface area contributed by atoms with Crippen molar-refractivity contribution < 1.29 is 13.2 Å². The summed E-state index contributed by atoms with van der Waals surface area (Å²) in [6.45, 7) is 0. The lowest BCUT2D eigenvalue weighted by Gasteiger charge is -2.11. The number of anilines is 1. The molecule has 13 heavy (non-hydrogen) atoms. The van der Waals surface area contributed by atoms with Crippen LogP contribution in [0.3, 0.4) is 0 Å². The maximum atomic E-state index is 12.9. The fourth-order valence-corrected chi connectivity index (χ4v) is 1.31. The average molecular weight is 301 g/mol. The van der Waals surface area contributed by atoms with Gasteiger partial charge in [0.15, 0.2) is 0 Å². The van der Waals surface area contributed by atoms with Gasteiger partial charge in [-0.05, 0) is 18.2 Å². The maximum Gasteiger partial charge on any atom is 0.324 e. The molecule has 0 radical (unpaired) electrons. The van der Waals surface area contributed by atoms with Gasteiger partial charge in [-0.3, -0.25) is 0 Å². The zero-order valence-corrected chi connectivity index (χ0v) is 8.90. The summed E-state index contributed by atoms with van der Waals surface area (Å²) >= 11 is 0.900. The first kappa shape index (κ1) is 10.6. The molecule has 0 saturated heterocycles. The molecule has 0 aromatic heterocycles. The van der Waals surface area contributed by atoms with Crippen molar-refractivity contribution in [3.63, 3.8) is 0 Å². The van der Waals surface area contributed by atoms with Gasteiger partial charge in [0, 0.05) is 35.3 Å². The van der Waals surface area contributed by atoms with E-state index in [9.17, 15) is 13.2 Å². The van der Waals surface area contributed by atoms with Crippen LogP contribution in [0, 0.1) is 5.82 Å². The number of alkyl halides is 3. The van der Waals surface area contributed by atoms with Gasteiger partial charge in [0.25, 0.3) is 0 Å². The Morgan fingerprint density at radius 1 is 1.38 bits per heavy atom. The monoisotopic (exact) mass is 301 g/mol. The van der Waals surface area contributed by atoms with Crippen LogP contribution >= 0.6 is 22.6 Å². The van der Waals surface area contributed by atoms with E-state index in [1.54, 1.807) is 7.05 Å². The van der Waals surface area contributed by atoms with Crippen LogP contribution in [0.2, 0.25) is 0 Å². The van der Waals surface area contributed by atoms with E-state index in [0.29, 0.717) is 5.69 Å². The first-order chi connectivity index (χ1) is 5.95. The normalized spacial score (nSPS) is 11.5. The molecule has 1 aromatic rings. The van der Waals surface area contributed by atoms with E-state index in [1.165, 1.54) is 6.07 Å². The van der Waals surface area contributed by atoms with Crippen molar-refractivity contribution in [2.75, 3.05) is 12.4 Å². The molecule has 72 valence electrons. The van der Waals surface area contributed by atoms with Crippen molar-refractivity contribution >= 4 is 28.3 Å². The van der Waals surface area contributed by atoms with Crippen LogP contribution in [0.4, 0.5) is 18.9 Å². The molecule has 5 heteroatoms. The van der Waals surface area contributed by atoms with Crippen molar-refractivity contribution in [1.82, 2.24) is 0 Å². The molecule has 0 aliphatic heterocycles. The van der Waals surface area contributed by atoms with Crippen molar-refractivity contribution in [3.05, 3.63) is 29.6 Å². The Morgan fingerprint density at radius 2 is 2.00 bits per heavy atom. The average Bonchev–Trinajstić information content (AvgIpc) is 2.03. The highest BCUT2D eigenvalue weighted by Crippen LogP contribution is 2.37. The number of benzene rings is 1. The van der Waals surface area contributed by atoms with Crippen LogP contribution < -0.4 is 5.32 Å². The highest BCUT2D eigenvalue weighted by Gasteiger charge is 2.30. The first-order valence-electron chi connectivity index (χ1n) is 3.49. The molecule has 0 spiro atoms. The van der Waals surface area contributed by atoms with Gasteiger partial charge in [-0.2, -0.15) is 8.78 Å². The first-order valence-corrected chi connectivity index (χ1v) is 4.57. The third-order valence-corrected chi connectivity index (χ3v) is 2.14. The fourth-order valence-electron chi connectivity index (χ4n) is 0.898. The van der Waals surface area contributed by atoms with E-state index in [2.05, 4.69) is 5.32 Å². The summed E-state index contributed by atoms with van der Waals surface area (Å²) in [5.74, 6) is -0.890. The van der Waals surface area contributed by atoms with E-state index in [4.69, 9.17) is 0 Å². The van der Waals surface area contributed by atoms with Gasteiger partial charge in [0.1, 0.15) is 5.82 Å². The van der Waals surface area contributed by atoms with Crippen LogP contribution in [0.5, 0.6) is 0 Å². The van der Waals surface area contributed by atoms with Crippen LogP contribution in [-0.4, -0.2) is 7.05 Å². The molecule has 0 unspecified atom stereocenters. The van der Waals surface area contributed by atoms with Crippen LogP contribution in [0.15, 0.2) is 18.2 Å². The Morgan fingerprint density at radius 3 is 2.46 bits per heavy atom. The van der Waals surface area contributed by atoms with Crippen LogP contribution in [0.1, 0.15) is 5.56 Å². The quantitative estimate of drug-likeness (QED) is 0.652. The smallest absolute Gasteiger partial charge is 0.324 e. The predicted molar refractivity (Wildman–Crippen MR) is 53.9 cm³/mol. The fraction of sp³-hybridized carbons (Fsp3) is 0.250. The third kappa shape index (κ3) is 2.49. The van der Waals surface area contributed by atoms with E-state index in [0.717, 1.165) is 34.7 Å². The van der Waals surface area contributed by atoms with Crippen molar-refractivity contribution in [3.8, 4) is 0 Å². The highest BCUT2D eigenvalue weighted by molar-refractivity contribution is 14.1. The third-order valence-electron chi connectivity index (χ3n) is 1.56. The second-order valence-corrected chi connectivity index (χ2v) is 3.80. The number of nitrogens with one attached hydrogen (secondary N) is 1. The van der Waals surface area contributed by atoms with Gasteiger partial charge < -0.3 is 5.32 Å². The molecule has 0 aliphatic rings. The van der Waals surface area contributed by atoms with Gasteiger partial charge in [-0.25, -0.2) is 4.39 Å². The molecule has 1 aromatic carbocycles. The molecule has 0 atom stereocenters. The summed E-state index contributed by atoms with van der Waals surface area (Å²) in [5.41, 5.74) is -0.132. The van der Waals surface area contributed by atoms with Crippen molar-refractivity contribution in [2.24, 2.45) is 0 Å². The molecule has 0 heterocycles. The second-order valence-electron chi connectivity index (χ2n) is 2.44. The predicted octanol–water partition coefficient (Wildman–Crippen LogP) is 3.35. The number of halogens is 4. The minimum absolute atomic E-state index is 0.466. The minimum atomic E-state index is -3.17. The molecule has 0 aliphatic carbocycles. The van der Waals surface area contributed by atoms with E-state index >= 15 is 0 Å². The molecular weight excluding hydrogens is 294 g/mol. The van der Waals surface area contributed by atoms with Crippen LogP contribution in [0.25, 0.3) is 0 Å². The lowest BCUT2D eigenvalue weighted by molar-refractivity contribution is 0.123. The van der Waals surface area contributed by atoms with E-state index in [1.807, 2.05) is 0 Å².